The zero-order chi connectivity index (χ0) is 102. The molecule has 10 unspecified atom stereocenters. The molecule has 10 atom stereocenters. The molecule has 0 saturated carbocycles. The molecule has 0 heterocycles. The summed E-state index contributed by atoms with van der Waals surface area (Å²) in [7, 11) is 1.64. The third kappa shape index (κ3) is 122. The Balaban J connectivity index is 3.24. The smallest absolute Gasteiger partial charge is 0.0781 e. The van der Waals surface area contributed by atoms with E-state index in [0.717, 1.165) is 0 Å². The molecule has 0 aliphatic heterocycles. The summed E-state index contributed by atoms with van der Waals surface area (Å²) in [5.41, 5.74) is 5.75. The van der Waals surface area contributed by atoms with Gasteiger partial charge >= 0.3 is 0 Å². The van der Waals surface area contributed by atoms with Gasteiger partial charge in [-0.15, -0.1) is 0 Å². The van der Waals surface area contributed by atoms with Gasteiger partial charge in [-0.2, -0.15) is 0 Å². The molecule has 0 radical (unpaired) electrons. The summed E-state index contributed by atoms with van der Waals surface area (Å²) in [6, 6.07) is -0.00127. The van der Waals surface area contributed by atoms with Gasteiger partial charge in [-0.3, -0.25) is 0 Å². The first kappa shape index (κ1) is 139. The molecule has 0 aliphatic rings. The quantitative estimate of drug-likeness (QED) is 0.0835. The van der Waals surface area contributed by atoms with Crippen LogP contribution in [0.5, 0.6) is 0 Å². The minimum atomic E-state index is -0.110. The van der Waals surface area contributed by atoms with E-state index in [1.807, 2.05) is 69.2 Å². The van der Waals surface area contributed by atoms with Gasteiger partial charge in [0.15, 0.2) is 0 Å². The molecule has 848 valence electrons. The van der Waals surface area contributed by atoms with Crippen molar-refractivity contribution in [2.75, 3.05) is 509 Å². The lowest BCUT2D eigenvalue weighted by molar-refractivity contribution is -0.111. The second-order valence-electron chi connectivity index (χ2n) is 31.9. The normalized spacial score (nSPS) is 14.2. The highest BCUT2D eigenvalue weighted by molar-refractivity contribution is 4.62. The molecule has 0 aliphatic carbocycles. The van der Waals surface area contributed by atoms with E-state index in [1.54, 1.807) is 7.11 Å². The number of nitrogens with two attached hydrogens (primary N) is 1. The van der Waals surface area contributed by atoms with E-state index in [-0.39, 0.29) is 61.0 Å². The van der Waals surface area contributed by atoms with Crippen molar-refractivity contribution in [2.45, 2.75) is 130 Å². The summed E-state index contributed by atoms with van der Waals surface area (Å²) in [6.45, 7) is 56.1. The molecule has 0 aromatic rings. The van der Waals surface area contributed by atoms with Crippen LogP contribution in [0.15, 0.2) is 0 Å². The summed E-state index contributed by atoms with van der Waals surface area (Å²) >= 11 is 0. The highest BCUT2D eigenvalue weighted by Crippen LogP contribution is 2.08. The molecule has 0 spiro atoms. The maximum absolute atomic E-state index is 5.99. The van der Waals surface area contributed by atoms with Gasteiger partial charge in [0.05, 0.1) is 557 Å². The first-order valence-electron chi connectivity index (χ1n) is 51.2. The summed E-state index contributed by atoms with van der Waals surface area (Å²) in [6.07, 6.45) is -0.797. The van der Waals surface area contributed by atoms with Crippen LogP contribution in [0.3, 0.4) is 0 Å². The molecule has 44 nitrogen and oxygen atoms in total. The maximum atomic E-state index is 5.99. The van der Waals surface area contributed by atoms with E-state index in [2.05, 4.69) is 0 Å². The molecule has 0 amide bonds. The van der Waals surface area contributed by atoms with Crippen LogP contribution < -0.4 is 5.73 Å². The minimum Gasteiger partial charge on any atom is -0.382 e. The highest BCUT2D eigenvalue weighted by Gasteiger charge is 2.18. The van der Waals surface area contributed by atoms with Crippen LogP contribution in [0.4, 0.5) is 0 Å². The van der Waals surface area contributed by atoms with Crippen LogP contribution in [0.25, 0.3) is 0 Å². The van der Waals surface area contributed by atoms with Crippen molar-refractivity contribution in [1.82, 2.24) is 0 Å². The van der Waals surface area contributed by atoms with Crippen molar-refractivity contribution in [3.63, 3.8) is 0 Å². The average molecular weight is 2070 g/mol. The van der Waals surface area contributed by atoms with E-state index in [9.17, 15) is 0 Å². The van der Waals surface area contributed by atoms with Gasteiger partial charge in [0, 0.05) is 13.2 Å². The Kier molecular flexibility index (Phi) is 119. The number of ether oxygens (including phenoxy) is 43. The first-order chi connectivity index (χ1) is 69.3. The third-order valence-corrected chi connectivity index (χ3v) is 18.3. The van der Waals surface area contributed by atoms with Crippen molar-refractivity contribution >= 4 is 0 Å². The van der Waals surface area contributed by atoms with Crippen molar-refractivity contribution < 1.29 is 204 Å². The fourth-order valence-electron chi connectivity index (χ4n) is 10.6. The van der Waals surface area contributed by atoms with Crippen molar-refractivity contribution in [3.05, 3.63) is 0 Å². The predicted molar refractivity (Wildman–Crippen MR) is 521 cm³/mol. The predicted octanol–water partition coefficient (Wildman–Crippen LogP) is 4.17. The van der Waals surface area contributed by atoms with Crippen molar-refractivity contribution in [2.24, 2.45) is 5.73 Å². The van der Waals surface area contributed by atoms with Crippen LogP contribution >= 0.6 is 0 Å². The number of methoxy groups -OCH3 is 1. The lowest BCUT2D eigenvalue weighted by Gasteiger charge is -2.23. The van der Waals surface area contributed by atoms with Crippen molar-refractivity contribution in [3.8, 4) is 0 Å². The Labute approximate surface area is 845 Å². The van der Waals surface area contributed by atoms with Gasteiger partial charge in [0.2, 0.25) is 0 Å². The number of hydrogen-bond acceptors (Lipinski definition) is 44. The zero-order valence-corrected chi connectivity index (χ0v) is 88.6. The number of hydrogen-bond donors (Lipinski definition) is 1. The average Bonchev–Trinajstić information content (AvgIpc) is 0.965. The summed E-state index contributed by atoms with van der Waals surface area (Å²) < 4.78 is 241. The van der Waals surface area contributed by atoms with E-state index in [0.29, 0.717) is 502 Å². The first-order valence-corrected chi connectivity index (χ1v) is 51.2. The van der Waals surface area contributed by atoms with Crippen LogP contribution in [0.1, 0.15) is 69.2 Å². The Morgan fingerprint density at radius 1 is 0.106 bits per heavy atom. The molecule has 2 N–H and O–H groups in total. The maximum Gasteiger partial charge on any atom is 0.0781 e. The molecule has 0 aromatic heterocycles. The topological polar surface area (TPSA) is 423 Å². The Morgan fingerprint density at radius 2 is 0.184 bits per heavy atom. The van der Waals surface area contributed by atoms with E-state index < -0.39 is 0 Å². The summed E-state index contributed by atoms with van der Waals surface area (Å²) in [5, 5.41) is 0. The second kappa shape index (κ2) is 120. The minimum absolute atomic E-state index is 0.00127. The van der Waals surface area contributed by atoms with Gasteiger partial charge in [-0.05, 0) is 69.2 Å². The van der Waals surface area contributed by atoms with Crippen LogP contribution in [0, 0.1) is 0 Å². The van der Waals surface area contributed by atoms with Crippen LogP contribution in [0.2, 0.25) is 0 Å². The van der Waals surface area contributed by atoms with Crippen molar-refractivity contribution in [1.29, 1.82) is 0 Å². The third-order valence-electron chi connectivity index (χ3n) is 18.3. The fraction of sp³-hybridized carbons (Fsp3) is 1.00. The lowest BCUT2D eigenvalue weighted by atomic mass is 10.3. The second-order valence-corrected chi connectivity index (χ2v) is 31.9. The molecule has 0 saturated heterocycles. The van der Waals surface area contributed by atoms with E-state index >= 15 is 0 Å². The summed E-state index contributed by atoms with van der Waals surface area (Å²) in [5.74, 6) is 0. The van der Waals surface area contributed by atoms with Crippen LogP contribution in [-0.4, -0.2) is 570 Å². The molecule has 44 heteroatoms. The molecule has 0 bridgehead atoms. The monoisotopic (exact) mass is 2060 g/mol. The largest absolute Gasteiger partial charge is 0.382 e. The van der Waals surface area contributed by atoms with E-state index in [4.69, 9.17) is 209 Å². The van der Waals surface area contributed by atoms with Crippen LogP contribution in [-0.2, 0) is 204 Å². The highest BCUT2D eigenvalue weighted by atomic mass is 16.7. The molecule has 0 aromatic carbocycles. The molecule has 0 fully saturated rings. The van der Waals surface area contributed by atoms with Gasteiger partial charge in [0.25, 0.3) is 0 Å². The summed E-state index contributed by atoms with van der Waals surface area (Å²) in [4.78, 5) is 0. The Bertz CT molecular complexity index is 2280. The molecular formula is C97H197NO43. The molecule has 141 heavy (non-hydrogen) atoms. The Morgan fingerprint density at radius 3 is 0.277 bits per heavy atom. The molecule has 0 rings (SSSR count). The Hall–Kier alpha value is -1.76. The lowest BCUT2D eigenvalue weighted by Crippen LogP contribution is -2.31. The fourth-order valence-corrected chi connectivity index (χ4v) is 10.6. The van der Waals surface area contributed by atoms with E-state index in [1.165, 1.54) is 0 Å². The molecular weight excluding hydrogens is 1870 g/mol. The van der Waals surface area contributed by atoms with Gasteiger partial charge in [0.1, 0.15) is 0 Å². The van der Waals surface area contributed by atoms with Gasteiger partial charge in [-0.1, -0.05) is 0 Å². The number of rotatable bonds is 128. The van der Waals surface area contributed by atoms with Gasteiger partial charge in [-0.25, -0.2) is 0 Å². The van der Waals surface area contributed by atoms with Gasteiger partial charge < -0.3 is 209 Å². The zero-order valence-electron chi connectivity index (χ0n) is 88.6. The SMILES string of the molecule is COCCOCCOCCOCCOCCOCCOCCOCCOCCOCCOCCOCCOCCOCCOCCOCCOCCOCCOCCOCCOCCOCCOCCOCCOCCOCCOCCOCCOCCOCCOCCOCCOCCOCC(C)OCC(C)OCC(C)OCC(C)OCC(C)OCC(C)OCC(C)OCC(C)OCC(C)OCC(C)N. The standard InChI is InChI=1S/C97H197NO43/c1-88(98)78-133-90(3)80-135-92(5)82-137-94(7)84-139-96(9)86-141-97(10)87-140-95(8)85-138-93(6)83-136-91(4)81-134-89(2)79-132-77-76-131-75-74-130-73-72-129-71-70-128-69-68-127-67-66-126-65-64-125-63-62-124-61-60-123-59-58-122-57-56-121-55-54-120-53-52-119-51-50-118-49-48-117-47-46-116-45-44-115-43-42-114-41-40-113-39-38-112-37-36-111-35-34-110-33-32-109-31-30-108-29-28-107-27-26-106-25-24-105-23-22-104-21-20-103-19-18-102-17-16-101-15-14-100-13-12-99-11/h88-97H,12-87,98H2,1-11H3.